The third-order valence-electron chi connectivity index (χ3n) is 2.53. The zero-order chi connectivity index (χ0) is 10.8. The van der Waals surface area contributed by atoms with Crippen molar-refractivity contribution >= 4 is 11.8 Å². The topological polar surface area (TPSA) is 12.0 Å². The number of hydrogen-bond donors (Lipinski definition) is 1. The molecule has 0 aromatic heterocycles. The Morgan fingerprint density at radius 1 is 1.50 bits per heavy atom. The summed E-state index contributed by atoms with van der Waals surface area (Å²) in [6.45, 7) is 8.31. The number of rotatable bonds is 9. The molecule has 0 amide bonds. The zero-order valence-electron chi connectivity index (χ0n) is 9.88. The maximum atomic E-state index is 3.75. The van der Waals surface area contributed by atoms with Crippen molar-refractivity contribution in [3.8, 4) is 0 Å². The van der Waals surface area contributed by atoms with Crippen molar-refractivity contribution < 1.29 is 0 Å². The smallest absolute Gasteiger partial charge is 0.0155 e. The van der Waals surface area contributed by atoms with Crippen LogP contribution in [0, 0.1) is 0 Å². The molecule has 1 N–H and O–H groups in total. The standard InChI is InChI=1S/C12H25NS/c1-5-7-8-9-12(13-4)10-14-11(3)6-2/h5,11-13H,1,6-10H2,2-4H3. The first kappa shape index (κ1) is 14.1. The fraction of sp³-hybridized carbons (Fsp3) is 0.833. The van der Waals surface area contributed by atoms with Crippen molar-refractivity contribution in [1.29, 1.82) is 0 Å². The summed E-state index contributed by atoms with van der Waals surface area (Å²) in [7, 11) is 2.07. The summed E-state index contributed by atoms with van der Waals surface area (Å²) in [5, 5.41) is 4.18. The van der Waals surface area contributed by atoms with Gasteiger partial charge in [0, 0.05) is 17.0 Å². The molecule has 84 valence electrons. The van der Waals surface area contributed by atoms with E-state index in [0.717, 1.165) is 11.7 Å². The molecule has 0 bridgehead atoms. The van der Waals surface area contributed by atoms with Gasteiger partial charge in [-0.15, -0.1) is 6.58 Å². The highest BCUT2D eigenvalue weighted by molar-refractivity contribution is 7.99. The molecule has 2 unspecified atom stereocenters. The second-order valence-electron chi connectivity index (χ2n) is 3.76. The first-order valence-electron chi connectivity index (χ1n) is 5.64. The Bertz CT molecular complexity index is 136. The minimum Gasteiger partial charge on any atom is -0.316 e. The van der Waals surface area contributed by atoms with Crippen LogP contribution in [0.2, 0.25) is 0 Å². The second-order valence-corrected chi connectivity index (χ2v) is 5.23. The van der Waals surface area contributed by atoms with Crippen LogP contribution >= 0.6 is 11.8 Å². The monoisotopic (exact) mass is 215 g/mol. The van der Waals surface area contributed by atoms with E-state index in [1.807, 2.05) is 6.08 Å². The number of nitrogens with one attached hydrogen (secondary N) is 1. The molecule has 0 fully saturated rings. The summed E-state index contributed by atoms with van der Waals surface area (Å²) < 4.78 is 0. The molecule has 14 heavy (non-hydrogen) atoms. The summed E-state index contributed by atoms with van der Waals surface area (Å²) in [5.74, 6) is 1.24. The Hall–Kier alpha value is 0.0500. The van der Waals surface area contributed by atoms with Crippen molar-refractivity contribution in [2.45, 2.75) is 50.8 Å². The van der Waals surface area contributed by atoms with Gasteiger partial charge in [0.15, 0.2) is 0 Å². The molecule has 2 heteroatoms. The van der Waals surface area contributed by atoms with Crippen LogP contribution in [0.3, 0.4) is 0 Å². The van der Waals surface area contributed by atoms with Gasteiger partial charge in [-0.05, 0) is 32.7 Å². The van der Waals surface area contributed by atoms with E-state index in [4.69, 9.17) is 0 Å². The van der Waals surface area contributed by atoms with Crippen LogP contribution in [0.15, 0.2) is 12.7 Å². The average molecular weight is 215 g/mol. The molecule has 0 aliphatic rings. The third-order valence-corrected chi connectivity index (χ3v) is 4.02. The molecular weight excluding hydrogens is 190 g/mol. The maximum absolute atomic E-state index is 3.75. The van der Waals surface area contributed by atoms with E-state index < -0.39 is 0 Å². The molecular formula is C12H25NS. The predicted octanol–water partition coefficient (Wildman–Crippen LogP) is 3.46. The van der Waals surface area contributed by atoms with Crippen molar-refractivity contribution in [2.75, 3.05) is 12.8 Å². The van der Waals surface area contributed by atoms with E-state index in [2.05, 4.69) is 44.6 Å². The van der Waals surface area contributed by atoms with Crippen molar-refractivity contribution in [2.24, 2.45) is 0 Å². The summed E-state index contributed by atoms with van der Waals surface area (Å²) in [5.41, 5.74) is 0. The van der Waals surface area contributed by atoms with Crippen molar-refractivity contribution in [1.82, 2.24) is 5.32 Å². The predicted molar refractivity (Wildman–Crippen MR) is 69.1 cm³/mol. The Morgan fingerprint density at radius 3 is 2.71 bits per heavy atom. The van der Waals surface area contributed by atoms with Gasteiger partial charge in [-0.3, -0.25) is 0 Å². The molecule has 0 rings (SSSR count). The molecule has 0 aromatic carbocycles. The highest BCUT2D eigenvalue weighted by Gasteiger charge is 2.07. The van der Waals surface area contributed by atoms with E-state index in [1.54, 1.807) is 0 Å². The first-order chi connectivity index (χ1) is 6.74. The maximum Gasteiger partial charge on any atom is 0.0155 e. The number of hydrogen-bond acceptors (Lipinski definition) is 2. The normalized spacial score (nSPS) is 15.1. The fourth-order valence-corrected chi connectivity index (χ4v) is 2.35. The lowest BCUT2D eigenvalue weighted by Crippen LogP contribution is -2.28. The van der Waals surface area contributed by atoms with E-state index >= 15 is 0 Å². The Balaban J connectivity index is 3.51. The molecule has 0 aliphatic heterocycles. The van der Waals surface area contributed by atoms with Crippen LogP contribution in [0.5, 0.6) is 0 Å². The molecule has 0 spiro atoms. The minimum atomic E-state index is 0.675. The third kappa shape index (κ3) is 7.45. The molecule has 0 heterocycles. The lowest BCUT2D eigenvalue weighted by molar-refractivity contribution is 0.551. The largest absolute Gasteiger partial charge is 0.316 e. The van der Waals surface area contributed by atoms with Gasteiger partial charge >= 0.3 is 0 Å². The molecule has 0 radical (unpaired) electrons. The molecule has 0 saturated carbocycles. The highest BCUT2D eigenvalue weighted by Crippen LogP contribution is 2.16. The molecule has 0 saturated heterocycles. The summed E-state index contributed by atoms with van der Waals surface area (Å²) in [4.78, 5) is 0. The van der Waals surface area contributed by atoms with Gasteiger partial charge < -0.3 is 5.32 Å². The van der Waals surface area contributed by atoms with E-state index in [-0.39, 0.29) is 0 Å². The van der Waals surface area contributed by atoms with E-state index in [1.165, 1.54) is 25.0 Å². The SMILES string of the molecule is C=CCCCC(CSC(C)CC)NC. The number of allylic oxidation sites excluding steroid dienone is 1. The summed E-state index contributed by atoms with van der Waals surface area (Å²) in [6.07, 6.45) is 6.95. The molecule has 0 aromatic rings. The van der Waals surface area contributed by atoms with E-state index in [9.17, 15) is 0 Å². The highest BCUT2D eigenvalue weighted by atomic mass is 32.2. The summed E-state index contributed by atoms with van der Waals surface area (Å²) >= 11 is 2.08. The Kier molecular flexibility index (Phi) is 9.63. The lowest BCUT2D eigenvalue weighted by atomic mass is 10.1. The fourth-order valence-electron chi connectivity index (χ4n) is 1.22. The van der Waals surface area contributed by atoms with Crippen LogP contribution in [0.25, 0.3) is 0 Å². The zero-order valence-corrected chi connectivity index (χ0v) is 10.7. The molecule has 1 nitrogen and oxygen atoms in total. The second kappa shape index (κ2) is 9.60. The molecule has 2 atom stereocenters. The van der Waals surface area contributed by atoms with Crippen molar-refractivity contribution in [3.63, 3.8) is 0 Å². The van der Waals surface area contributed by atoms with Crippen LogP contribution < -0.4 is 5.32 Å². The summed E-state index contributed by atoms with van der Waals surface area (Å²) in [6, 6.07) is 0.675. The number of thioether (sulfide) groups is 1. The van der Waals surface area contributed by atoms with Gasteiger partial charge in [-0.25, -0.2) is 0 Å². The Labute approximate surface area is 93.7 Å². The molecule has 0 aliphatic carbocycles. The van der Waals surface area contributed by atoms with Gasteiger partial charge in [-0.1, -0.05) is 19.9 Å². The van der Waals surface area contributed by atoms with Crippen LogP contribution in [0.1, 0.15) is 39.5 Å². The van der Waals surface area contributed by atoms with E-state index in [0.29, 0.717) is 6.04 Å². The quantitative estimate of drug-likeness (QED) is 0.467. The lowest BCUT2D eigenvalue weighted by Gasteiger charge is -2.17. The van der Waals surface area contributed by atoms with Gasteiger partial charge in [0.25, 0.3) is 0 Å². The van der Waals surface area contributed by atoms with Crippen LogP contribution in [0.4, 0.5) is 0 Å². The van der Waals surface area contributed by atoms with Gasteiger partial charge in [0.05, 0.1) is 0 Å². The van der Waals surface area contributed by atoms with Crippen LogP contribution in [-0.4, -0.2) is 24.1 Å². The average Bonchev–Trinajstić information content (AvgIpc) is 2.22. The minimum absolute atomic E-state index is 0.675. The van der Waals surface area contributed by atoms with Gasteiger partial charge in [0.2, 0.25) is 0 Å². The van der Waals surface area contributed by atoms with Gasteiger partial charge in [0.1, 0.15) is 0 Å². The van der Waals surface area contributed by atoms with Crippen molar-refractivity contribution in [3.05, 3.63) is 12.7 Å². The first-order valence-corrected chi connectivity index (χ1v) is 6.69. The Morgan fingerprint density at radius 2 is 2.21 bits per heavy atom. The van der Waals surface area contributed by atoms with Gasteiger partial charge in [-0.2, -0.15) is 11.8 Å². The van der Waals surface area contributed by atoms with Crippen LogP contribution in [-0.2, 0) is 0 Å². The number of unbranched alkanes of at least 4 members (excludes halogenated alkanes) is 1.